The summed E-state index contributed by atoms with van der Waals surface area (Å²) < 4.78 is 27.7. The lowest BCUT2D eigenvalue weighted by molar-refractivity contribution is -0.0847. The van der Waals surface area contributed by atoms with E-state index in [4.69, 9.17) is 22.8 Å². The fourth-order valence-corrected chi connectivity index (χ4v) is 6.96. The molecule has 30 heavy (non-hydrogen) atoms. The predicted octanol–water partition coefficient (Wildman–Crippen LogP) is 4.88. The van der Waals surface area contributed by atoms with Crippen LogP contribution in [0.25, 0.3) is 0 Å². The van der Waals surface area contributed by atoms with E-state index in [1.807, 2.05) is 34.6 Å². The molecule has 5 nitrogen and oxygen atoms in total. The molecule has 172 valence electrons. The van der Waals surface area contributed by atoms with E-state index in [2.05, 4.69) is 49.2 Å². The highest BCUT2D eigenvalue weighted by Gasteiger charge is 2.36. The van der Waals surface area contributed by atoms with E-state index in [-0.39, 0.29) is 5.91 Å². The van der Waals surface area contributed by atoms with Crippen molar-refractivity contribution in [1.82, 2.24) is 0 Å². The Labute approximate surface area is 187 Å². The van der Waals surface area contributed by atoms with E-state index < -0.39 is 17.6 Å². The summed E-state index contributed by atoms with van der Waals surface area (Å²) in [5.74, 6) is -0.0267. The molecule has 0 aromatic heterocycles. The first kappa shape index (κ1) is 28.9. The Hall–Kier alpha value is -1.07. The smallest absolute Gasteiger partial charge is 0.371 e. The van der Waals surface area contributed by atoms with Gasteiger partial charge in [0.15, 0.2) is 0 Å². The zero-order chi connectivity index (χ0) is 22.7. The topological polar surface area (TPSA) is 46.2 Å². The average molecular weight is 455 g/mol. The van der Waals surface area contributed by atoms with Crippen molar-refractivity contribution in [3.8, 4) is 0 Å². The van der Waals surface area contributed by atoms with Gasteiger partial charge in [-0.15, -0.1) is 6.58 Å². The molecule has 0 heterocycles. The van der Waals surface area contributed by atoms with Gasteiger partial charge in [-0.25, -0.2) is 0 Å². The Morgan fingerprint density at radius 1 is 0.833 bits per heavy atom. The molecular weight excluding hydrogens is 412 g/mol. The van der Waals surface area contributed by atoms with Crippen LogP contribution in [0.4, 0.5) is 0 Å². The van der Waals surface area contributed by atoms with E-state index in [0.29, 0.717) is 33.0 Å². The highest BCUT2D eigenvalue weighted by molar-refractivity contribution is 6.66. The third-order valence-corrected chi connectivity index (χ3v) is 9.43. The Kier molecular flexibility index (Phi) is 18.0. The van der Waals surface area contributed by atoms with Crippen LogP contribution in [0.1, 0.15) is 40.2 Å². The Bertz CT molecular complexity index is 519. The van der Waals surface area contributed by atoms with Crippen molar-refractivity contribution in [3.05, 3.63) is 60.5 Å². The molecule has 7 heteroatoms. The van der Waals surface area contributed by atoms with Gasteiger partial charge in [0.1, 0.15) is 14.7 Å². The highest BCUT2D eigenvalue weighted by atomic mass is 28.4. The van der Waals surface area contributed by atoms with Crippen molar-refractivity contribution in [2.75, 3.05) is 33.0 Å². The molecule has 0 amide bonds. The lowest BCUT2D eigenvalue weighted by atomic mass is 10.2. The molecule has 0 fully saturated rings. The van der Waals surface area contributed by atoms with Crippen LogP contribution < -0.4 is 0 Å². The minimum atomic E-state index is -2.51. The van der Waals surface area contributed by atoms with Crippen molar-refractivity contribution in [2.24, 2.45) is 0 Å². The van der Waals surface area contributed by atoms with E-state index >= 15 is 0 Å². The molecule has 1 unspecified atom stereocenters. The number of hydrogen-bond donors (Lipinski definition) is 0. The zero-order valence-electron chi connectivity index (χ0n) is 19.6. The molecule has 1 atom stereocenters. The van der Waals surface area contributed by atoms with Gasteiger partial charge in [-0.05, 0) is 58.3 Å². The van der Waals surface area contributed by atoms with Gasteiger partial charge in [0, 0.05) is 33.0 Å². The largest absolute Gasteiger partial charge is 0.528 e. The molecule has 0 aliphatic rings. The molecular formula is C23H42O5Si2. The van der Waals surface area contributed by atoms with Gasteiger partial charge in [-0.1, -0.05) is 42.6 Å². The molecule has 1 aromatic carbocycles. The maximum Gasteiger partial charge on any atom is 0.528 e. The second-order valence-corrected chi connectivity index (χ2v) is 11.7. The minimum absolute atomic E-state index is 0.0267. The van der Waals surface area contributed by atoms with Gasteiger partial charge in [0.05, 0.1) is 0 Å². The van der Waals surface area contributed by atoms with Crippen molar-refractivity contribution in [2.45, 2.75) is 53.0 Å². The van der Waals surface area contributed by atoms with Gasteiger partial charge in [0.2, 0.25) is 0 Å². The van der Waals surface area contributed by atoms with Gasteiger partial charge in [0.25, 0.3) is 0 Å². The molecule has 1 aromatic rings. The average Bonchev–Trinajstić information content (AvgIpc) is 2.76. The predicted molar refractivity (Wildman–Crippen MR) is 130 cm³/mol. The zero-order valence-corrected chi connectivity index (χ0v) is 21.8. The van der Waals surface area contributed by atoms with Crippen LogP contribution in [-0.2, 0) is 29.2 Å². The van der Waals surface area contributed by atoms with Gasteiger partial charge in [-0.3, -0.25) is 0 Å². The standard InChI is InChI=1S/C15H24O2Si.C8H18O3Si/c1-4-16-15(17-5-2)18(6-3)13-12-14-10-8-7-9-11-14;1-5-9-12(8-4,10-6-2)11-7-3/h6-11,15,18H,3-5,12-13H2,1-2H3;8H,4-7H2,1-3H3. The quantitative estimate of drug-likeness (QED) is 0.263. The van der Waals surface area contributed by atoms with E-state index in [9.17, 15) is 0 Å². The van der Waals surface area contributed by atoms with Gasteiger partial charge in [-0.2, -0.15) is 0 Å². The Morgan fingerprint density at radius 3 is 1.70 bits per heavy atom. The molecule has 0 bridgehead atoms. The molecule has 0 aliphatic heterocycles. The Morgan fingerprint density at radius 2 is 1.33 bits per heavy atom. The van der Waals surface area contributed by atoms with Crippen LogP contribution in [-0.4, -0.2) is 56.5 Å². The van der Waals surface area contributed by atoms with Crippen LogP contribution in [0.5, 0.6) is 0 Å². The maximum atomic E-state index is 5.69. The number of aryl methyl sites for hydroxylation is 1. The molecule has 0 aliphatic carbocycles. The molecule has 0 spiro atoms. The summed E-state index contributed by atoms with van der Waals surface area (Å²) in [5, 5.41) is 0. The lowest BCUT2D eigenvalue weighted by Crippen LogP contribution is -2.44. The van der Waals surface area contributed by atoms with E-state index in [1.54, 1.807) is 5.70 Å². The van der Waals surface area contributed by atoms with Crippen LogP contribution in [0.15, 0.2) is 54.9 Å². The molecule has 0 saturated carbocycles. The number of ether oxygens (including phenoxy) is 2. The summed E-state index contributed by atoms with van der Waals surface area (Å²) in [6.07, 6.45) is 1.08. The maximum absolute atomic E-state index is 5.69. The summed E-state index contributed by atoms with van der Waals surface area (Å²) in [6.45, 7) is 20.6. The molecule has 0 N–H and O–H groups in total. The first-order chi connectivity index (χ1) is 14.6. The minimum Gasteiger partial charge on any atom is -0.371 e. The molecule has 1 rings (SSSR count). The monoisotopic (exact) mass is 454 g/mol. The first-order valence-electron chi connectivity index (χ1n) is 11.0. The second kappa shape index (κ2) is 18.7. The summed E-state index contributed by atoms with van der Waals surface area (Å²) in [6, 6.07) is 11.7. The van der Waals surface area contributed by atoms with Crippen molar-refractivity contribution in [1.29, 1.82) is 0 Å². The van der Waals surface area contributed by atoms with Gasteiger partial charge < -0.3 is 22.8 Å². The van der Waals surface area contributed by atoms with Crippen LogP contribution >= 0.6 is 0 Å². The molecule has 0 saturated heterocycles. The third kappa shape index (κ3) is 12.0. The summed E-state index contributed by atoms with van der Waals surface area (Å²) >= 11 is 0. The first-order valence-corrected chi connectivity index (χ1v) is 15.0. The van der Waals surface area contributed by atoms with E-state index in [0.717, 1.165) is 12.5 Å². The van der Waals surface area contributed by atoms with Gasteiger partial charge >= 0.3 is 8.80 Å². The Balaban J connectivity index is 0.000000612. The fourth-order valence-electron chi connectivity index (χ4n) is 2.87. The van der Waals surface area contributed by atoms with Crippen molar-refractivity contribution >= 4 is 17.6 Å². The second-order valence-electron chi connectivity index (χ2n) is 6.31. The lowest BCUT2D eigenvalue weighted by Gasteiger charge is -2.24. The normalized spacial score (nSPS) is 12.2. The number of benzene rings is 1. The third-order valence-electron chi connectivity index (χ3n) is 4.21. The summed E-state index contributed by atoms with van der Waals surface area (Å²) in [5.41, 5.74) is 5.13. The summed E-state index contributed by atoms with van der Waals surface area (Å²) in [7, 11) is -3.72. The van der Waals surface area contributed by atoms with Crippen LogP contribution in [0, 0.1) is 0 Å². The van der Waals surface area contributed by atoms with Crippen molar-refractivity contribution < 1.29 is 22.8 Å². The van der Waals surface area contributed by atoms with Crippen LogP contribution in [0.3, 0.4) is 0 Å². The fraction of sp³-hybridized carbons (Fsp3) is 0.565. The van der Waals surface area contributed by atoms with Crippen LogP contribution in [0.2, 0.25) is 6.04 Å². The summed E-state index contributed by atoms with van der Waals surface area (Å²) in [4.78, 5) is 0. The molecule has 0 radical (unpaired) electrons. The number of rotatable bonds is 16. The highest BCUT2D eigenvalue weighted by Crippen LogP contribution is 2.12. The SMILES string of the molecule is C=C[SiH](CCc1ccccc1)C(OCC)OCC.C=C[Si](OCC)(OCC)OCC. The van der Waals surface area contributed by atoms with Crippen molar-refractivity contribution in [3.63, 3.8) is 0 Å². The number of hydrogen-bond acceptors (Lipinski definition) is 5. The van der Waals surface area contributed by atoms with E-state index in [1.165, 1.54) is 5.56 Å².